The van der Waals surface area contributed by atoms with Crippen LogP contribution in [0.2, 0.25) is 0 Å². The Labute approximate surface area is 172 Å². The van der Waals surface area contributed by atoms with Gasteiger partial charge in [-0.3, -0.25) is 4.79 Å². The van der Waals surface area contributed by atoms with Gasteiger partial charge < -0.3 is 10.1 Å². The first-order valence-electron chi connectivity index (χ1n) is 9.42. The van der Waals surface area contributed by atoms with Crippen LogP contribution in [0, 0.1) is 0 Å². The number of hydrogen-bond donors (Lipinski definition) is 1. The number of ether oxygens (including phenoxy) is 1. The van der Waals surface area contributed by atoms with Gasteiger partial charge in [-0.25, -0.2) is 9.78 Å². The third-order valence-electron chi connectivity index (χ3n) is 4.78. The molecule has 0 radical (unpaired) electrons. The number of esters is 1. The van der Waals surface area contributed by atoms with Crippen LogP contribution in [0.25, 0.3) is 0 Å². The molecule has 1 aromatic heterocycles. The molecule has 3 rings (SSSR count). The van der Waals surface area contributed by atoms with Crippen LogP contribution >= 0.6 is 11.8 Å². The van der Waals surface area contributed by atoms with Crippen molar-refractivity contribution >= 4 is 23.6 Å². The van der Waals surface area contributed by atoms with Crippen LogP contribution in [0.4, 0.5) is 8.78 Å². The molecule has 154 valence electrons. The largest absolute Gasteiger partial charge is 0.452 e. The maximum Gasteiger partial charge on any atom is 0.341 e. The van der Waals surface area contributed by atoms with E-state index >= 15 is 0 Å². The van der Waals surface area contributed by atoms with Crippen LogP contribution in [0.3, 0.4) is 0 Å². The quantitative estimate of drug-likeness (QED) is 0.534. The first kappa shape index (κ1) is 21.2. The molecule has 0 spiro atoms. The van der Waals surface area contributed by atoms with Gasteiger partial charge in [-0.1, -0.05) is 18.2 Å². The van der Waals surface area contributed by atoms with Crippen LogP contribution in [0.15, 0.2) is 41.6 Å². The Hall–Kier alpha value is -2.48. The molecular weight excluding hydrogens is 398 g/mol. The highest BCUT2D eigenvalue weighted by Gasteiger charge is 2.20. The number of nitrogens with zero attached hydrogens (tertiary/aromatic N) is 1. The predicted octanol–water partition coefficient (Wildman–Crippen LogP) is 4.31. The highest BCUT2D eigenvalue weighted by molar-refractivity contribution is 7.99. The van der Waals surface area contributed by atoms with Crippen molar-refractivity contribution in [2.45, 2.75) is 49.4 Å². The van der Waals surface area contributed by atoms with Crippen LogP contribution < -0.4 is 5.32 Å². The molecule has 1 aromatic carbocycles. The Balaban J connectivity index is 1.55. The topological polar surface area (TPSA) is 68.3 Å². The Morgan fingerprint density at radius 1 is 1.21 bits per heavy atom. The zero-order chi connectivity index (χ0) is 20.8. The molecule has 1 N–H and O–H groups in total. The summed E-state index contributed by atoms with van der Waals surface area (Å²) in [5.41, 5.74) is 3.59. The van der Waals surface area contributed by atoms with Crippen molar-refractivity contribution < 1.29 is 23.1 Å². The van der Waals surface area contributed by atoms with Crippen LogP contribution in [0.1, 0.15) is 52.9 Å². The zero-order valence-electron chi connectivity index (χ0n) is 16.0. The van der Waals surface area contributed by atoms with Gasteiger partial charge in [0, 0.05) is 6.20 Å². The minimum atomic E-state index is -2.71. The normalized spacial score (nSPS) is 14.2. The van der Waals surface area contributed by atoms with E-state index in [-0.39, 0.29) is 28.4 Å². The molecule has 8 heteroatoms. The Kier molecular flexibility index (Phi) is 7.19. The monoisotopic (exact) mass is 420 g/mol. The molecule has 0 saturated carbocycles. The fourth-order valence-electron chi connectivity index (χ4n) is 3.32. The lowest BCUT2D eigenvalue weighted by molar-refractivity contribution is -0.124. The number of aryl methyl sites for hydroxylation is 2. The van der Waals surface area contributed by atoms with Gasteiger partial charge >= 0.3 is 5.97 Å². The number of carbonyl (C=O) groups is 2. The van der Waals surface area contributed by atoms with E-state index in [0.717, 1.165) is 18.4 Å². The maximum atomic E-state index is 12.6. The third kappa shape index (κ3) is 5.76. The fourth-order valence-corrected chi connectivity index (χ4v) is 3.89. The number of nitrogens with one attached hydrogen (secondary N) is 1. The van der Waals surface area contributed by atoms with Crippen molar-refractivity contribution in [2.24, 2.45) is 0 Å². The van der Waals surface area contributed by atoms with Crippen LogP contribution in [0.5, 0.6) is 0 Å². The van der Waals surface area contributed by atoms with Crippen molar-refractivity contribution in [1.29, 1.82) is 0 Å². The summed E-state index contributed by atoms with van der Waals surface area (Å²) in [5, 5.41) is 2.67. The summed E-state index contributed by atoms with van der Waals surface area (Å²) in [6.45, 7) is 1.37. The van der Waals surface area contributed by atoms with E-state index in [1.165, 1.54) is 42.3 Å². The minimum absolute atomic E-state index is 0.0895. The average Bonchev–Trinajstić information content (AvgIpc) is 2.71. The van der Waals surface area contributed by atoms with Gasteiger partial charge in [0.1, 0.15) is 5.03 Å². The Morgan fingerprint density at radius 2 is 1.97 bits per heavy atom. The molecule has 0 bridgehead atoms. The van der Waals surface area contributed by atoms with Crippen molar-refractivity contribution in [3.05, 3.63) is 58.8 Å². The van der Waals surface area contributed by atoms with E-state index in [9.17, 15) is 18.4 Å². The number of carbonyl (C=O) groups excluding carboxylic acids is 2. The number of aromatic nitrogens is 1. The van der Waals surface area contributed by atoms with Crippen molar-refractivity contribution in [3.63, 3.8) is 0 Å². The number of thioether (sulfide) groups is 1. The number of pyridine rings is 1. The number of benzene rings is 1. The fraction of sp³-hybridized carbons (Fsp3) is 0.381. The number of alkyl halides is 2. The van der Waals surface area contributed by atoms with E-state index in [1.807, 2.05) is 13.0 Å². The van der Waals surface area contributed by atoms with Gasteiger partial charge in [0.25, 0.3) is 11.7 Å². The molecule has 0 fully saturated rings. The smallest absolute Gasteiger partial charge is 0.341 e. The van der Waals surface area contributed by atoms with E-state index in [1.54, 1.807) is 0 Å². The number of rotatable bonds is 7. The van der Waals surface area contributed by atoms with Crippen molar-refractivity contribution in [1.82, 2.24) is 10.3 Å². The lowest BCUT2D eigenvalue weighted by Crippen LogP contribution is -2.31. The molecule has 1 aliphatic carbocycles. The molecule has 1 atom stereocenters. The third-order valence-corrected chi connectivity index (χ3v) is 5.50. The van der Waals surface area contributed by atoms with Gasteiger partial charge in [-0.05, 0) is 73.2 Å². The second-order valence-electron chi connectivity index (χ2n) is 6.84. The molecule has 2 aromatic rings. The first-order valence-corrected chi connectivity index (χ1v) is 10.3. The van der Waals surface area contributed by atoms with E-state index in [4.69, 9.17) is 4.74 Å². The van der Waals surface area contributed by atoms with Crippen molar-refractivity contribution in [3.8, 4) is 0 Å². The maximum absolute atomic E-state index is 12.6. The van der Waals surface area contributed by atoms with Gasteiger partial charge in [-0.2, -0.15) is 8.78 Å². The second-order valence-corrected chi connectivity index (χ2v) is 7.81. The Bertz CT molecular complexity index is 892. The molecule has 0 saturated heterocycles. The lowest BCUT2D eigenvalue weighted by Gasteiger charge is -2.20. The summed E-state index contributed by atoms with van der Waals surface area (Å²) in [4.78, 5) is 28.1. The molecule has 0 unspecified atom stereocenters. The number of hydrogen-bond acceptors (Lipinski definition) is 5. The standard InChI is InChI=1S/C21H22F2N2O3S/c1-13(15-9-8-14-5-2-3-6-16(14)11-15)25-18(26)12-28-20(27)17-7-4-10-24-19(17)29-21(22)23/h4,7-11,13,21H,2-3,5-6,12H2,1H3,(H,25,26)/t13-/m1/s1. The molecule has 1 amide bonds. The van der Waals surface area contributed by atoms with E-state index in [0.29, 0.717) is 0 Å². The lowest BCUT2D eigenvalue weighted by atomic mass is 9.89. The van der Waals surface area contributed by atoms with Crippen LogP contribution in [-0.2, 0) is 22.4 Å². The summed E-state index contributed by atoms with van der Waals surface area (Å²) in [5.74, 6) is -4.04. The SMILES string of the molecule is C[C@@H](NC(=O)COC(=O)c1cccnc1SC(F)F)c1ccc2c(c1)CCCC2. The Morgan fingerprint density at radius 3 is 2.72 bits per heavy atom. The number of halogens is 2. The minimum Gasteiger partial charge on any atom is -0.452 e. The average molecular weight is 420 g/mol. The summed E-state index contributed by atoms with van der Waals surface area (Å²) < 4.78 is 30.2. The zero-order valence-corrected chi connectivity index (χ0v) is 16.8. The predicted molar refractivity (Wildman–Crippen MR) is 106 cm³/mol. The highest BCUT2D eigenvalue weighted by Crippen LogP contribution is 2.27. The summed E-state index contributed by atoms with van der Waals surface area (Å²) in [6.07, 6.45) is 5.83. The van der Waals surface area contributed by atoms with Gasteiger partial charge in [0.2, 0.25) is 0 Å². The summed E-state index contributed by atoms with van der Waals surface area (Å²) >= 11 is 0.161. The number of fused-ring (bicyclic) bond motifs is 1. The molecule has 29 heavy (non-hydrogen) atoms. The van der Waals surface area contributed by atoms with Crippen LogP contribution in [-0.4, -0.2) is 29.2 Å². The van der Waals surface area contributed by atoms with Gasteiger partial charge in [0.15, 0.2) is 6.61 Å². The molecule has 1 heterocycles. The highest BCUT2D eigenvalue weighted by atomic mass is 32.2. The molecular formula is C21H22F2N2O3S. The van der Waals surface area contributed by atoms with Gasteiger partial charge in [-0.15, -0.1) is 0 Å². The van der Waals surface area contributed by atoms with E-state index in [2.05, 4.69) is 22.4 Å². The van der Waals surface area contributed by atoms with E-state index < -0.39 is 24.2 Å². The second kappa shape index (κ2) is 9.82. The molecule has 0 aliphatic heterocycles. The van der Waals surface area contributed by atoms with Crippen molar-refractivity contribution in [2.75, 3.05) is 6.61 Å². The summed E-state index contributed by atoms with van der Waals surface area (Å²) in [6, 6.07) is 8.78. The number of amides is 1. The van der Waals surface area contributed by atoms with Gasteiger partial charge in [0.05, 0.1) is 11.6 Å². The molecule has 5 nitrogen and oxygen atoms in total. The summed E-state index contributed by atoms with van der Waals surface area (Å²) in [7, 11) is 0. The first-order chi connectivity index (χ1) is 13.9. The molecule has 1 aliphatic rings.